The molecule has 1 fully saturated rings. The Bertz CT molecular complexity index is 714. The average Bonchev–Trinajstić information content (AvgIpc) is 2.67. The Balaban J connectivity index is 1.58. The van der Waals surface area contributed by atoms with Gasteiger partial charge in [0.15, 0.2) is 0 Å². The summed E-state index contributed by atoms with van der Waals surface area (Å²) < 4.78 is 5.29. The number of hydrogen-bond acceptors (Lipinski definition) is 3. The first kappa shape index (κ1) is 18.3. The number of hydrogen-bond donors (Lipinski definition) is 0. The molecule has 1 aliphatic heterocycles. The largest absolute Gasteiger partial charge is 0.378 e. The molecular weight excluding hydrogens is 354 g/mol. The highest BCUT2D eigenvalue weighted by molar-refractivity contribution is 8.00. The molecule has 0 radical (unpaired) electrons. The van der Waals surface area contributed by atoms with Crippen LogP contribution in [0.4, 0.5) is 0 Å². The highest BCUT2D eigenvalue weighted by Crippen LogP contribution is 2.32. The van der Waals surface area contributed by atoms with Gasteiger partial charge in [-0.1, -0.05) is 54.1 Å². The van der Waals surface area contributed by atoms with E-state index in [2.05, 4.69) is 31.2 Å². The zero-order valence-corrected chi connectivity index (χ0v) is 15.9. The molecule has 5 heteroatoms. The molecule has 0 N–H and O–H groups in total. The smallest absolute Gasteiger partial charge is 0.232 e. The number of rotatable bonds is 5. The molecule has 0 aromatic heterocycles. The molecule has 1 saturated heterocycles. The standard InChI is InChI=1S/C20H22ClNO2S/c1-15(25-14-20(23)22-10-12-24-13-11-22)16-6-8-17(9-7-16)18-4-2-3-5-19(18)21/h2-9,15H,10-14H2,1H3. The van der Waals surface area contributed by atoms with E-state index in [-0.39, 0.29) is 11.2 Å². The van der Waals surface area contributed by atoms with E-state index in [1.54, 1.807) is 11.8 Å². The number of amides is 1. The van der Waals surface area contributed by atoms with Gasteiger partial charge < -0.3 is 9.64 Å². The molecular formula is C20H22ClNO2S. The van der Waals surface area contributed by atoms with Crippen LogP contribution in [0.5, 0.6) is 0 Å². The number of benzene rings is 2. The lowest BCUT2D eigenvalue weighted by Crippen LogP contribution is -2.41. The summed E-state index contributed by atoms with van der Waals surface area (Å²) in [4.78, 5) is 14.1. The van der Waals surface area contributed by atoms with Gasteiger partial charge in [-0.3, -0.25) is 4.79 Å². The Morgan fingerprint density at radius 3 is 2.52 bits per heavy atom. The summed E-state index contributed by atoms with van der Waals surface area (Å²) in [6, 6.07) is 16.3. The average molecular weight is 376 g/mol. The van der Waals surface area contributed by atoms with Gasteiger partial charge in [-0.2, -0.15) is 0 Å². The van der Waals surface area contributed by atoms with Crippen LogP contribution in [0.3, 0.4) is 0 Å². The maximum Gasteiger partial charge on any atom is 0.232 e. The maximum absolute atomic E-state index is 12.2. The lowest BCUT2D eigenvalue weighted by Gasteiger charge is -2.27. The summed E-state index contributed by atoms with van der Waals surface area (Å²) in [5.74, 6) is 0.709. The van der Waals surface area contributed by atoms with Gasteiger partial charge in [-0.25, -0.2) is 0 Å². The van der Waals surface area contributed by atoms with Crippen LogP contribution in [0.15, 0.2) is 48.5 Å². The van der Waals surface area contributed by atoms with Gasteiger partial charge >= 0.3 is 0 Å². The van der Waals surface area contributed by atoms with E-state index in [1.165, 1.54) is 5.56 Å². The van der Waals surface area contributed by atoms with Crippen molar-refractivity contribution in [3.8, 4) is 11.1 Å². The first-order chi connectivity index (χ1) is 12.1. The van der Waals surface area contributed by atoms with Crippen LogP contribution in [0.25, 0.3) is 11.1 Å². The fraction of sp³-hybridized carbons (Fsp3) is 0.350. The van der Waals surface area contributed by atoms with Gasteiger partial charge in [0.1, 0.15) is 0 Å². The number of carbonyl (C=O) groups excluding carboxylic acids is 1. The van der Waals surface area contributed by atoms with Crippen LogP contribution >= 0.6 is 23.4 Å². The molecule has 3 rings (SSSR count). The van der Waals surface area contributed by atoms with Crippen molar-refractivity contribution < 1.29 is 9.53 Å². The summed E-state index contributed by atoms with van der Waals surface area (Å²) >= 11 is 7.94. The van der Waals surface area contributed by atoms with E-state index in [1.807, 2.05) is 29.2 Å². The second-order valence-corrected chi connectivity index (χ2v) is 7.78. The first-order valence-electron chi connectivity index (χ1n) is 8.47. The van der Waals surface area contributed by atoms with Gasteiger partial charge in [0.2, 0.25) is 5.91 Å². The molecule has 132 valence electrons. The molecule has 0 saturated carbocycles. The molecule has 0 spiro atoms. The third kappa shape index (κ3) is 4.78. The monoisotopic (exact) mass is 375 g/mol. The highest BCUT2D eigenvalue weighted by atomic mass is 35.5. The number of thioether (sulfide) groups is 1. The molecule has 0 aliphatic carbocycles. The molecule has 1 heterocycles. The first-order valence-corrected chi connectivity index (χ1v) is 9.90. The Kier molecular flexibility index (Phi) is 6.40. The lowest BCUT2D eigenvalue weighted by atomic mass is 10.0. The number of halogens is 1. The van der Waals surface area contributed by atoms with E-state index in [4.69, 9.17) is 16.3 Å². The lowest BCUT2D eigenvalue weighted by molar-refractivity contribution is -0.132. The minimum Gasteiger partial charge on any atom is -0.378 e. The van der Waals surface area contributed by atoms with E-state index in [0.717, 1.165) is 16.1 Å². The summed E-state index contributed by atoms with van der Waals surface area (Å²) in [7, 11) is 0. The normalized spacial score (nSPS) is 15.8. The van der Waals surface area contributed by atoms with Gasteiger partial charge in [-0.05, 0) is 24.1 Å². The highest BCUT2D eigenvalue weighted by Gasteiger charge is 2.18. The molecule has 1 aliphatic rings. The second-order valence-electron chi connectivity index (χ2n) is 6.05. The van der Waals surface area contributed by atoms with Gasteiger partial charge in [0.05, 0.1) is 19.0 Å². The summed E-state index contributed by atoms with van der Waals surface area (Å²) in [5, 5.41) is 1.03. The van der Waals surface area contributed by atoms with Crippen molar-refractivity contribution in [1.29, 1.82) is 0 Å². The fourth-order valence-electron chi connectivity index (χ4n) is 2.83. The Hall–Kier alpha value is -1.49. The predicted molar refractivity (Wildman–Crippen MR) is 105 cm³/mol. The van der Waals surface area contributed by atoms with Crippen LogP contribution in [0.2, 0.25) is 5.02 Å². The number of nitrogens with zero attached hydrogens (tertiary/aromatic N) is 1. The third-order valence-electron chi connectivity index (χ3n) is 4.39. The van der Waals surface area contributed by atoms with Gasteiger partial charge in [-0.15, -0.1) is 11.8 Å². The molecule has 1 atom stereocenters. The third-order valence-corrected chi connectivity index (χ3v) is 5.90. The molecule has 3 nitrogen and oxygen atoms in total. The van der Waals surface area contributed by atoms with Crippen LogP contribution in [-0.2, 0) is 9.53 Å². The maximum atomic E-state index is 12.2. The predicted octanol–water partition coefficient (Wildman–Crippen LogP) is 4.66. The minimum atomic E-state index is 0.202. The Labute approximate surface area is 158 Å². The van der Waals surface area contributed by atoms with E-state index >= 15 is 0 Å². The summed E-state index contributed by atoms with van der Waals surface area (Å²) in [5.41, 5.74) is 3.37. The van der Waals surface area contributed by atoms with Crippen LogP contribution in [0.1, 0.15) is 17.7 Å². The topological polar surface area (TPSA) is 29.5 Å². The van der Waals surface area contributed by atoms with E-state index in [9.17, 15) is 4.79 Å². The van der Waals surface area contributed by atoms with Crippen molar-refractivity contribution in [2.75, 3.05) is 32.1 Å². The SMILES string of the molecule is CC(SCC(=O)N1CCOCC1)c1ccc(-c2ccccc2Cl)cc1. The Morgan fingerprint density at radius 2 is 1.84 bits per heavy atom. The number of ether oxygens (including phenoxy) is 1. The fourth-order valence-corrected chi connectivity index (χ4v) is 4.00. The van der Waals surface area contributed by atoms with Crippen molar-refractivity contribution in [1.82, 2.24) is 4.90 Å². The summed E-state index contributed by atoms with van der Waals surface area (Å²) in [6.07, 6.45) is 0. The van der Waals surface area contributed by atoms with Gasteiger partial charge in [0.25, 0.3) is 0 Å². The zero-order chi connectivity index (χ0) is 17.6. The van der Waals surface area contributed by atoms with Crippen molar-refractivity contribution in [2.24, 2.45) is 0 Å². The van der Waals surface area contributed by atoms with Gasteiger partial charge in [0, 0.05) is 28.9 Å². The number of morpholine rings is 1. The molecule has 2 aromatic carbocycles. The van der Waals surface area contributed by atoms with E-state index < -0.39 is 0 Å². The van der Waals surface area contributed by atoms with Crippen LogP contribution in [-0.4, -0.2) is 42.9 Å². The van der Waals surface area contributed by atoms with Crippen LogP contribution < -0.4 is 0 Å². The molecule has 2 aromatic rings. The van der Waals surface area contributed by atoms with Crippen molar-refractivity contribution in [2.45, 2.75) is 12.2 Å². The molecule has 1 unspecified atom stereocenters. The quantitative estimate of drug-likeness (QED) is 0.761. The Morgan fingerprint density at radius 1 is 1.16 bits per heavy atom. The second kappa shape index (κ2) is 8.75. The molecule has 25 heavy (non-hydrogen) atoms. The zero-order valence-electron chi connectivity index (χ0n) is 14.3. The van der Waals surface area contributed by atoms with Crippen molar-refractivity contribution >= 4 is 29.3 Å². The molecule has 0 bridgehead atoms. The van der Waals surface area contributed by atoms with E-state index in [0.29, 0.717) is 32.1 Å². The van der Waals surface area contributed by atoms with Crippen LogP contribution in [0, 0.1) is 0 Å². The van der Waals surface area contributed by atoms with Crippen molar-refractivity contribution in [3.05, 3.63) is 59.1 Å². The van der Waals surface area contributed by atoms with Crippen molar-refractivity contribution in [3.63, 3.8) is 0 Å². The minimum absolute atomic E-state index is 0.202. The molecule has 1 amide bonds. The number of carbonyl (C=O) groups is 1. The summed E-state index contributed by atoms with van der Waals surface area (Å²) in [6.45, 7) is 4.85.